The highest BCUT2D eigenvalue weighted by Crippen LogP contribution is 2.14. The quantitative estimate of drug-likeness (QED) is 0.846. The molecule has 2 N–H and O–H groups in total. The van der Waals surface area contributed by atoms with Crippen LogP contribution in [0.4, 0.5) is 0 Å². The van der Waals surface area contributed by atoms with Crippen LogP contribution in [0, 0.1) is 0 Å². The first-order chi connectivity index (χ1) is 11.7. The largest absolute Gasteiger partial charge is 0.447 e. The van der Waals surface area contributed by atoms with Gasteiger partial charge in [0.05, 0.1) is 6.54 Å². The van der Waals surface area contributed by atoms with Gasteiger partial charge in [-0.25, -0.2) is 4.98 Å². The zero-order valence-corrected chi connectivity index (χ0v) is 14.0. The molecule has 128 valence electrons. The number of oxazole rings is 1. The van der Waals surface area contributed by atoms with E-state index < -0.39 is 0 Å². The Morgan fingerprint density at radius 2 is 2.04 bits per heavy atom. The number of rotatable bonds is 6. The minimum Gasteiger partial charge on any atom is -0.447 e. The second kappa shape index (κ2) is 8.08. The number of amides is 1. The maximum atomic E-state index is 12.2. The van der Waals surface area contributed by atoms with Gasteiger partial charge in [-0.2, -0.15) is 0 Å². The van der Waals surface area contributed by atoms with Crippen molar-refractivity contribution in [1.82, 2.24) is 20.5 Å². The van der Waals surface area contributed by atoms with Crippen LogP contribution in [-0.4, -0.2) is 42.0 Å². The zero-order chi connectivity index (χ0) is 16.8. The minimum absolute atomic E-state index is 0.150. The van der Waals surface area contributed by atoms with E-state index in [2.05, 4.69) is 44.8 Å². The van der Waals surface area contributed by atoms with E-state index in [9.17, 15) is 4.79 Å². The van der Waals surface area contributed by atoms with Gasteiger partial charge < -0.3 is 15.1 Å². The van der Waals surface area contributed by atoms with Gasteiger partial charge in [0.25, 0.3) is 5.91 Å². The first-order valence-corrected chi connectivity index (χ1v) is 8.41. The Kier molecular flexibility index (Phi) is 5.61. The molecule has 0 radical (unpaired) electrons. The molecule has 1 fully saturated rings. The fourth-order valence-corrected chi connectivity index (χ4v) is 2.98. The summed E-state index contributed by atoms with van der Waals surface area (Å²) >= 11 is 0. The summed E-state index contributed by atoms with van der Waals surface area (Å²) in [7, 11) is 1.81. The Labute approximate surface area is 142 Å². The monoisotopic (exact) mass is 328 g/mol. The topological polar surface area (TPSA) is 70.4 Å². The molecule has 1 saturated heterocycles. The number of nitrogens with one attached hydrogen (secondary N) is 2. The van der Waals surface area contributed by atoms with E-state index in [1.54, 1.807) is 0 Å². The predicted molar refractivity (Wildman–Crippen MR) is 91.5 cm³/mol. The first-order valence-electron chi connectivity index (χ1n) is 8.41. The number of hydrogen-bond donors (Lipinski definition) is 2. The Morgan fingerprint density at radius 1 is 1.29 bits per heavy atom. The van der Waals surface area contributed by atoms with Crippen LogP contribution in [0.25, 0.3) is 0 Å². The van der Waals surface area contributed by atoms with Gasteiger partial charge in [0.15, 0.2) is 5.69 Å². The molecule has 2 aromatic rings. The number of likely N-dealkylation sites (tertiary alicyclic amines) is 1. The van der Waals surface area contributed by atoms with Crippen molar-refractivity contribution in [1.29, 1.82) is 0 Å². The molecular weight excluding hydrogens is 304 g/mol. The maximum absolute atomic E-state index is 12.2. The number of nitrogens with zero attached hydrogens (tertiary/aromatic N) is 2. The number of carbonyl (C=O) groups is 1. The summed E-state index contributed by atoms with van der Waals surface area (Å²) in [5.74, 6) is 0.378. The molecule has 6 nitrogen and oxygen atoms in total. The molecule has 2 heterocycles. The summed E-state index contributed by atoms with van der Waals surface area (Å²) < 4.78 is 5.26. The summed E-state index contributed by atoms with van der Waals surface area (Å²) in [6.07, 6.45) is 3.34. The zero-order valence-electron chi connectivity index (χ0n) is 14.0. The van der Waals surface area contributed by atoms with Crippen molar-refractivity contribution in [3.8, 4) is 0 Å². The molecule has 0 spiro atoms. The molecule has 24 heavy (non-hydrogen) atoms. The van der Waals surface area contributed by atoms with E-state index in [1.807, 2.05) is 13.1 Å². The first kappa shape index (κ1) is 16.7. The lowest BCUT2D eigenvalue weighted by Gasteiger charge is -2.32. The summed E-state index contributed by atoms with van der Waals surface area (Å²) in [5, 5.41) is 6.02. The number of aromatic nitrogens is 1. The molecule has 3 rings (SSSR count). The highest BCUT2D eigenvalue weighted by Gasteiger charge is 2.22. The van der Waals surface area contributed by atoms with Crippen molar-refractivity contribution >= 4 is 5.91 Å². The van der Waals surface area contributed by atoms with Gasteiger partial charge in [-0.05, 0) is 25.5 Å². The van der Waals surface area contributed by atoms with Crippen molar-refractivity contribution in [2.45, 2.75) is 32.0 Å². The second-order valence-electron chi connectivity index (χ2n) is 6.17. The predicted octanol–water partition coefficient (Wildman–Crippen LogP) is 1.79. The SMILES string of the molecule is CNCc1nc(C(=O)NC2CCN(Cc3ccccc3)CC2)co1. The molecule has 1 aliphatic rings. The fourth-order valence-electron chi connectivity index (χ4n) is 2.98. The third-order valence-electron chi connectivity index (χ3n) is 4.28. The van der Waals surface area contributed by atoms with Crippen molar-refractivity contribution in [3.63, 3.8) is 0 Å². The molecule has 1 aromatic carbocycles. The van der Waals surface area contributed by atoms with E-state index in [-0.39, 0.29) is 11.9 Å². The lowest BCUT2D eigenvalue weighted by Crippen LogP contribution is -2.44. The van der Waals surface area contributed by atoms with Gasteiger partial charge in [0.1, 0.15) is 6.26 Å². The number of hydrogen-bond acceptors (Lipinski definition) is 5. The molecular formula is C18H24N4O2. The highest BCUT2D eigenvalue weighted by atomic mass is 16.3. The number of piperidine rings is 1. The normalized spacial score (nSPS) is 16.2. The Morgan fingerprint density at radius 3 is 2.75 bits per heavy atom. The van der Waals surface area contributed by atoms with Crippen molar-refractivity contribution in [3.05, 3.63) is 53.7 Å². The second-order valence-corrected chi connectivity index (χ2v) is 6.17. The van der Waals surface area contributed by atoms with E-state index in [0.717, 1.165) is 32.5 Å². The standard InChI is InChI=1S/C18H24N4O2/c1-19-11-17-21-16(13-24-17)18(23)20-15-7-9-22(10-8-15)12-14-5-3-2-4-6-14/h2-6,13,15,19H,7-12H2,1H3,(H,20,23). The van der Waals surface area contributed by atoms with E-state index in [1.165, 1.54) is 11.8 Å². The Bertz CT molecular complexity index is 648. The van der Waals surface area contributed by atoms with Crippen LogP contribution in [-0.2, 0) is 13.1 Å². The van der Waals surface area contributed by atoms with Crippen molar-refractivity contribution in [2.75, 3.05) is 20.1 Å². The van der Waals surface area contributed by atoms with Crippen LogP contribution in [0.15, 0.2) is 41.0 Å². The van der Waals surface area contributed by atoms with Crippen LogP contribution in [0.1, 0.15) is 34.8 Å². The molecule has 0 bridgehead atoms. The third kappa shape index (κ3) is 4.43. The van der Waals surface area contributed by atoms with Crippen LogP contribution in [0.5, 0.6) is 0 Å². The Hall–Kier alpha value is -2.18. The van der Waals surface area contributed by atoms with Crippen molar-refractivity contribution < 1.29 is 9.21 Å². The van der Waals surface area contributed by atoms with Crippen LogP contribution >= 0.6 is 0 Å². The smallest absolute Gasteiger partial charge is 0.273 e. The molecule has 1 aromatic heterocycles. The van der Waals surface area contributed by atoms with Crippen molar-refractivity contribution in [2.24, 2.45) is 0 Å². The minimum atomic E-state index is -0.150. The highest BCUT2D eigenvalue weighted by molar-refractivity contribution is 5.92. The fraction of sp³-hybridized carbons (Fsp3) is 0.444. The van der Waals surface area contributed by atoms with Crippen LogP contribution in [0.3, 0.4) is 0 Å². The summed E-state index contributed by atoms with van der Waals surface area (Å²) in [6, 6.07) is 10.7. The average Bonchev–Trinajstić information content (AvgIpc) is 3.07. The van der Waals surface area contributed by atoms with E-state index in [0.29, 0.717) is 18.1 Å². The molecule has 0 aliphatic carbocycles. The lowest BCUT2D eigenvalue weighted by molar-refractivity contribution is 0.0904. The van der Waals surface area contributed by atoms with Gasteiger partial charge in [-0.3, -0.25) is 9.69 Å². The number of benzene rings is 1. The molecule has 1 aliphatic heterocycles. The van der Waals surface area contributed by atoms with Crippen LogP contribution in [0.2, 0.25) is 0 Å². The maximum Gasteiger partial charge on any atom is 0.273 e. The van der Waals surface area contributed by atoms with E-state index in [4.69, 9.17) is 4.42 Å². The van der Waals surface area contributed by atoms with Gasteiger partial charge in [0, 0.05) is 25.7 Å². The van der Waals surface area contributed by atoms with Gasteiger partial charge in [0.2, 0.25) is 5.89 Å². The van der Waals surface area contributed by atoms with Gasteiger partial charge >= 0.3 is 0 Å². The van der Waals surface area contributed by atoms with Gasteiger partial charge in [-0.15, -0.1) is 0 Å². The van der Waals surface area contributed by atoms with Crippen LogP contribution < -0.4 is 10.6 Å². The average molecular weight is 328 g/mol. The van der Waals surface area contributed by atoms with Gasteiger partial charge in [-0.1, -0.05) is 30.3 Å². The molecule has 6 heteroatoms. The number of carbonyl (C=O) groups excluding carboxylic acids is 1. The summed E-state index contributed by atoms with van der Waals surface area (Å²) in [4.78, 5) is 18.8. The molecule has 0 unspecified atom stereocenters. The van der Waals surface area contributed by atoms with E-state index >= 15 is 0 Å². The molecule has 0 saturated carbocycles. The molecule has 0 atom stereocenters. The summed E-state index contributed by atoms with van der Waals surface area (Å²) in [5.41, 5.74) is 1.69. The lowest BCUT2D eigenvalue weighted by atomic mass is 10.0. The molecule has 1 amide bonds. The summed E-state index contributed by atoms with van der Waals surface area (Å²) in [6.45, 7) is 3.47. The third-order valence-corrected chi connectivity index (χ3v) is 4.28. The Balaban J connectivity index is 1.45.